The van der Waals surface area contributed by atoms with Crippen molar-refractivity contribution in [1.29, 1.82) is 0 Å². The molecule has 0 spiro atoms. The number of likely N-dealkylation sites (tertiary alicyclic amines) is 1. The number of carbonyl (C=O) groups excluding carboxylic acids is 1. The predicted octanol–water partition coefficient (Wildman–Crippen LogP) is 2.00. The van der Waals surface area contributed by atoms with Crippen LogP contribution in [0.2, 0.25) is 0 Å². The van der Waals surface area contributed by atoms with Gasteiger partial charge in [-0.25, -0.2) is 4.68 Å². The molecule has 2 aromatic rings. The number of tetrazole rings is 1. The Morgan fingerprint density at radius 2 is 2.24 bits per heavy atom. The van der Waals surface area contributed by atoms with E-state index < -0.39 is 0 Å². The molecule has 0 N–H and O–H groups in total. The fourth-order valence-corrected chi connectivity index (χ4v) is 3.16. The van der Waals surface area contributed by atoms with E-state index in [2.05, 4.69) is 28.5 Å². The molecular weight excluding hydrogens is 318 g/mol. The fraction of sp³-hybridized carbons (Fsp3) is 0.556. The number of aryl methyl sites for hydroxylation is 3. The SMILES string of the molecule is Cc1cccc(OCC2CCCN(C(=O)CCn3nnnc3C)C2)c1. The summed E-state index contributed by atoms with van der Waals surface area (Å²) in [7, 11) is 0. The van der Waals surface area contributed by atoms with Crippen LogP contribution >= 0.6 is 0 Å². The highest BCUT2D eigenvalue weighted by Crippen LogP contribution is 2.20. The van der Waals surface area contributed by atoms with Crippen LogP contribution in [-0.2, 0) is 11.3 Å². The maximum atomic E-state index is 12.5. The van der Waals surface area contributed by atoms with Crippen LogP contribution < -0.4 is 4.74 Å². The molecule has 134 valence electrons. The molecule has 0 bridgehead atoms. The summed E-state index contributed by atoms with van der Waals surface area (Å²) in [6.07, 6.45) is 2.55. The average molecular weight is 343 g/mol. The maximum Gasteiger partial charge on any atom is 0.224 e. The van der Waals surface area contributed by atoms with Crippen molar-refractivity contribution in [2.45, 2.75) is 39.7 Å². The maximum absolute atomic E-state index is 12.5. The van der Waals surface area contributed by atoms with Gasteiger partial charge in [0.05, 0.1) is 13.2 Å². The topological polar surface area (TPSA) is 73.1 Å². The summed E-state index contributed by atoms with van der Waals surface area (Å²) >= 11 is 0. The van der Waals surface area contributed by atoms with E-state index >= 15 is 0 Å². The summed E-state index contributed by atoms with van der Waals surface area (Å²) < 4.78 is 7.59. The molecule has 1 unspecified atom stereocenters. The van der Waals surface area contributed by atoms with Gasteiger partial charge in [0.25, 0.3) is 0 Å². The van der Waals surface area contributed by atoms with E-state index in [4.69, 9.17) is 4.74 Å². The minimum atomic E-state index is 0.162. The van der Waals surface area contributed by atoms with Gasteiger partial charge in [-0.1, -0.05) is 12.1 Å². The number of benzene rings is 1. The molecule has 1 aliphatic heterocycles. The van der Waals surface area contributed by atoms with Gasteiger partial charge in [-0.05, 0) is 54.8 Å². The van der Waals surface area contributed by atoms with E-state index in [1.54, 1.807) is 4.68 Å². The Morgan fingerprint density at radius 1 is 1.36 bits per heavy atom. The molecule has 1 aliphatic rings. The molecule has 3 rings (SSSR count). The third-order valence-electron chi connectivity index (χ3n) is 4.60. The van der Waals surface area contributed by atoms with Gasteiger partial charge in [0.2, 0.25) is 5.91 Å². The minimum Gasteiger partial charge on any atom is -0.493 e. The van der Waals surface area contributed by atoms with Crippen LogP contribution in [0.3, 0.4) is 0 Å². The second-order valence-electron chi connectivity index (χ2n) is 6.67. The van der Waals surface area contributed by atoms with Crippen molar-refractivity contribution in [3.8, 4) is 5.75 Å². The first kappa shape index (κ1) is 17.4. The van der Waals surface area contributed by atoms with E-state index in [0.717, 1.165) is 37.5 Å². The van der Waals surface area contributed by atoms with Gasteiger partial charge in [0, 0.05) is 25.4 Å². The van der Waals surface area contributed by atoms with Crippen molar-refractivity contribution in [1.82, 2.24) is 25.1 Å². The quantitative estimate of drug-likeness (QED) is 0.802. The van der Waals surface area contributed by atoms with Gasteiger partial charge in [0.15, 0.2) is 0 Å². The standard InChI is InChI=1S/C18H25N5O2/c1-14-5-3-7-17(11-14)25-13-16-6-4-9-22(12-16)18(24)8-10-23-15(2)19-20-21-23/h3,5,7,11,16H,4,6,8-10,12-13H2,1-2H3. The van der Waals surface area contributed by atoms with Gasteiger partial charge >= 0.3 is 0 Å². The first-order chi connectivity index (χ1) is 12.1. The van der Waals surface area contributed by atoms with Gasteiger partial charge in [0.1, 0.15) is 11.6 Å². The van der Waals surface area contributed by atoms with Crippen LogP contribution in [-0.4, -0.2) is 50.7 Å². The number of aromatic nitrogens is 4. The zero-order valence-electron chi connectivity index (χ0n) is 14.9. The van der Waals surface area contributed by atoms with Crippen LogP contribution in [0.15, 0.2) is 24.3 Å². The third kappa shape index (κ3) is 4.78. The largest absolute Gasteiger partial charge is 0.493 e. The van der Waals surface area contributed by atoms with E-state index in [0.29, 0.717) is 25.5 Å². The normalized spacial score (nSPS) is 17.5. The summed E-state index contributed by atoms with van der Waals surface area (Å²) in [6.45, 7) is 6.66. The van der Waals surface area contributed by atoms with E-state index in [-0.39, 0.29) is 5.91 Å². The lowest BCUT2D eigenvalue weighted by Crippen LogP contribution is -2.41. The molecule has 0 radical (unpaired) electrons. The fourth-order valence-electron chi connectivity index (χ4n) is 3.16. The van der Waals surface area contributed by atoms with E-state index in [1.165, 1.54) is 5.56 Å². The van der Waals surface area contributed by atoms with Crippen molar-refractivity contribution >= 4 is 5.91 Å². The average Bonchev–Trinajstić information content (AvgIpc) is 3.03. The molecule has 1 amide bonds. The first-order valence-electron chi connectivity index (χ1n) is 8.82. The predicted molar refractivity (Wildman–Crippen MR) is 93.1 cm³/mol. The second-order valence-corrected chi connectivity index (χ2v) is 6.67. The Morgan fingerprint density at radius 3 is 3.00 bits per heavy atom. The third-order valence-corrected chi connectivity index (χ3v) is 4.60. The van der Waals surface area contributed by atoms with E-state index in [1.807, 2.05) is 30.0 Å². The van der Waals surface area contributed by atoms with Crippen LogP contribution in [0.4, 0.5) is 0 Å². The number of hydrogen-bond acceptors (Lipinski definition) is 5. The smallest absolute Gasteiger partial charge is 0.224 e. The van der Waals surface area contributed by atoms with Crippen molar-refractivity contribution in [3.05, 3.63) is 35.7 Å². The van der Waals surface area contributed by atoms with Crippen LogP contribution in [0.1, 0.15) is 30.7 Å². The second kappa shape index (κ2) is 8.09. The van der Waals surface area contributed by atoms with Crippen molar-refractivity contribution in [3.63, 3.8) is 0 Å². The number of rotatable bonds is 6. The number of ether oxygens (including phenoxy) is 1. The van der Waals surface area contributed by atoms with Gasteiger partial charge in [-0.2, -0.15) is 0 Å². The summed E-state index contributed by atoms with van der Waals surface area (Å²) in [5, 5.41) is 11.3. The number of piperidine rings is 1. The lowest BCUT2D eigenvalue weighted by molar-refractivity contribution is -0.133. The summed E-state index contributed by atoms with van der Waals surface area (Å²) in [6, 6.07) is 8.08. The van der Waals surface area contributed by atoms with Gasteiger partial charge in [-0.15, -0.1) is 5.10 Å². The zero-order valence-corrected chi connectivity index (χ0v) is 14.9. The Bertz CT molecular complexity index is 715. The molecule has 25 heavy (non-hydrogen) atoms. The zero-order chi connectivity index (χ0) is 17.6. The number of carbonyl (C=O) groups is 1. The van der Waals surface area contributed by atoms with Crippen molar-refractivity contribution < 1.29 is 9.53 Å². The molecule has 1 atom stereocenters. The van der Waals surface area contributed by atoms with Crippen molar-refractivity contribution in [2.75, 3.05) is 19.7 Å². The van der Waals surface area contributed by atoms with E-state index in [9.17, 15) is 4.79 Å². The molecule has 0 saturated carbocycles. The molecule has 1 fully saturated rings. The van der Waals surface area contributed by atoms with Crippen LogP contribution in [0.25, 0.3) is 0 Å². The Kier molecular flexibility index (Phi) is 5.63. The first-order valence-corrected chi connectivity index (χ1v) is 8.82. The Labute approximate surface area is 148 Å². The molecule has 1 aromatic carbocycles. The molecular formula is C18H25N5O2. The molecule has 1 saturated heterocycles. The van der Waals surface area contributed by atoms with Gasteiger partial charge < -0.3 is 9.64 Å². The molecule has 7 heteroatoms. The summed E-state index contributed by atoms with van der Waals surface area (Å²) in [5.41, 5.74) is 1.19. The minimum absolute atomic E-state index is 0.162. The summed E-state index contributed by atoms with van der Waals surface area (Å²) in [5.74, 6) is 2.18. The molecule has 0 aliphatic carbocycles. The van der Waals surface area contributed by atoms with Gasteiger partial charge in [-0.3, -0.25) is 4.79 Å². The highest BCUT2D eigenvalue weighted by Gasteiger charge is 2.24. The number of nitrogens with zero attached hydrogens (tertiary/aromatic N) is 5. The lowest BCUT2D eigenvalue weighted by Gasteiger charge is -2.32. The summed E-state index contributed by atoms with van der Waals surface area (Å²) in [4.78, 5) is 14.4. The Hall–Kier alpha value is -2.44. The van der Waals surface area contributed by atoms with Crippen LogP contribution in [0, 0.1) is 19.8 Å². The van der Waals surface area contributed by atoms with Crippen LogP contribution in [0.5, 0.6) is 5.75 Å². The molecule has 1 aromatic heterocycles. The monoisotopic (exact) mass is 343 g/mol. The number of hydrogen-bond donors (Lipinski definition) is 0. The highest BCUT2D eigenvalue weighted by molar-refractivity contribution is 5.76. The number of amides is 1. The lowest BCUT2D eigenvalue weighted by atomic mass is 9.98. The Balaban J connectivity index is 1.47. The molecule has 2 heterocycles. The molecule has 7 nitrogen and oxygen atoms in total. The van der Waals surface area contributed by atoms with Crippen molar-refractivity contribution in [2.24, 2.45) is 5.92 Å². The highest BCUT2D eigenvalue weighted by atomic mass is 16.5.